The average Bonchev–Trinajstić information content (AvgIpc) is 2.78. The van der Waals surface area contributed by atoms with Crippen LogP contribution >= 0.6 is 0 Å². The van der Waals surface area contributed by atoms with E-state index >= 15 is 0 Å². The van der Waals surface area contributed by atoms with Gasteiger partial charge in [0, 0.05) is 25.5 Å². The standard InChI is InChI=1S/C11H20N2O3S/c1-3-4-5-6-13(2)17(15,16)11-7-10(9-14)12-8-11/h7-8,12,14H,3-6,9H2,1-2H3. The normalized spacial score (nSPS) is 12.2. The van der Waals surface area contributed by atoms with Crippen molar-refractivity contribution < 1.29 is 13.5 Å². The molecule has 0 atom stereocenters. The fourth-order valence-electron chi connectivity index (χ4n) is 1.54. The lowest BCUT2D eigenvalue weighted by Gasteiger charge is -2.15. The summed E-state index contributed by atoms with van der Waals surface area (Å²) in [5, 5.41) is 8.89. The molecule has 1 aromatic heterocycles. The van der Waals surface area contributed by atoms with Gasteiger partial charge in [-0.05, 0) is 12.5 Å². The van der Waals surface area contributed by atoms with Crippen molar-refractivity contribution in [2.75, 3.05) is 13.6 Å². The Hall–Kier alpha value is -0.850. The Morgan fingerprint density at radius 1 is 1.41 bits per heavy atom. The molecule has 0 fully saturated rings. The fourth-order valence-corrected chi connectivity index (χ4v) is 2.77. The minimum Gasteiger partial charge on any atom is -0.390 e. The number of hydrogen-bond donors (Lipinski definition) is 2. The molecule has 1 rings (SSSR count). The van der Waals surface area contributed by atoms with Crippen LogP contribution < -0.4 is 0 Å². The number of aliphatic hydroxyl groups excluding tert-OH is 1. The van der Waals surface area contributed by atoms with Crippen LogP contribution in [-0.4, -0.2) is 36.4 Å². The lowest BCUT2D eigenvalue weighted by Crippen LogP contribution is -2.27. The maximum atomic E-state index is 12.1. The molecule has 0 aliphatic rings. The zero-order valence-electron chi connectivity index (χ0n) is 10.3. The second-order valence-electron chi connectivity index (χ2n) is 4.05. The first-order chi connectivity index (χ1) is 8.02. The second kappa shape index (κ2) is 6.18. The Morgan fingerprint density at radius 2 is 2.12 bits per heavy atom. The molecule has 2 N–H and O–H groups in total. The third kappa shape index (κ3) is 3.55. The van der Waals surface area contributed by atoms with Crippen molar-refractivity contribution in [3.63, 3.8) is 0 Å². The monoisotopic (exact) mass is 260 g/mol. The average molecular weight is 260 g/mol. The van der Waals surface area contributed by atoms with Crippen molar-refractivity contribution in [2.24, 2.45) is 0 Å². The van der Waals surface area contributed by atoms with Crippen LogP contribution in [0.3, 0.4) is 0 Å². The summed E-state index contributed by atoms with van der Waals surface area (Å²) in [5.41, 5.74) is 0.505. The zero-order chi connectivity index (χ0) is 12.9. The molecule has 1 heterocycles. The van der Waals surface area contributed by atoms with Crippen LogP contribution in [0.5, 0.6) is 0 Å². The van der Waals surface area contributed by atoms with Crippen molar-refractivity contribution in [3.05, 3.63) is 18.0 Å². The van der Waals surface area contributed by atoms with Gasteiger partial charge in [0.05, 0.1) is 11.5 Å². The summed E-state index contributed by atoms with van der Waals surface area (Å²) < 4.78 is 25.5. The molecule has 0 aliphatic carbocycles. The summed E-state index contributed by atoms with van der Waals surface area (Å²) in [6.07, 6.45) is 4.36. The topological polar surface area (TPSA) is 73.4 Å². The van der Waals surface area contributed by atoms with Gasteiger partial charge >= 0.3 is 0 Å². The van der Waals surface area contributed by atoms with E-state index in [1.807, 2.05) is 0 Å². The molecule has 0 spiro atoms. The number of sulfonamides is 1. The lowest BCUT2D eigenvalue weighted by molar-refractivity contribution is 0.277. The molecular weight excluding hydrogens is 240 g/mol. The SMILES string of the molecule is CCCCCN(C)S(=O)(=O)c1c[nH]c(CO)c1. The van der Waals surface area contributed by atoms with Crippen LogP contribution in [0.1, 0.15) is 31.9 Å². The number of aromatic nitrogens is 1. The molecule has 98 valence electrons. The van der Waals surface area contributed by atoms with Crippen molar-refractivity contribution >= 4 is 10.0 Å². The van der Waals surface area contributed by atoms with Gasteiger partial charge in [-0.1, -0.05) is 19.8 Å². The number of aromatic amines is 1. The minimum atomic E-state index is -3.42. The molecule has 1 aromatic rings. The highest BCUT2D eigenvalue weighted by atomic mass is 32.2. The number of H-pyrrole nitrogens is 1. The minimum absolute atomic E-state index is 0.185. The van der Waals surface area contributed by atoms with E-state index in [0.29, 0.717) is 12.2 Å². The number of aliphatic hydroxyl groups is 1. The van der Waals surface area contributed by atoms with E-state index < -0.39 is 10.0 Å². The van der Waals surface area contributed by atoms with E-state index in [4.69, 9.17) is 5.11 Å². The second-order valence-corrected chi connectivity index (χ2v) is 6.10. The summed E-state index contributed by atoms with van der Waals surface area (Å²) >= 11 is 0. The Kier molecular flexibility index (Phi) is 5.17. The van der Waals surface area contributed by atoms with Gasteiger partial charge < -0.3 is 10.1 Å². The van der Waals surface area contributed by atoms with Crippen molar-refractivity contribution in [3.8, 4) is 0 Å². The van der Waals surface area contributed by atoms with Gasteiger partial charge in [-0.25, -0.2) is 12.7 Å². The molecule has 0 amide bonds. The Balaban J connectivity index is 2.73. The first-order valence-corrected chi connectivity index (χ1v) is 7.21. The van der Waals surface area contributed by atoms with Gasteiger partial charge in [-0.3, -0.25) is 0 Å². The molecule has 0 saturated carbocycles. The van der Waals surface area contributed by atoms with Crippen LogP contribution in [-0.2, 0) is 16.6 Å². The highest BCUT2D eigenvalue weighted by Gasteiger charge is 2.21. The molecule has 6 heteroatoms. The van der Waals surface area contributed by atoms with Gasteiger partial charge in [0.15, 0.2) is 0 Å². The zero-order valence-corrected chi connectivity index (χ0v) is 11.1. The Bertz CT molecular complexity index is 439. The van der Waals surface area contributed by atoms with Crippen molar-refractivity contribution in [1.29, 1.82) is 0 Å². The van der Waals surface area contributed by atoms with Crippen LogP contribution in [0.2, 0.25) is 0 Å². The van der Waals surface area contributed by atoms with E-state index in [1.54, 1.807) is 7.05 Å². The van der Waals surface area contributed by atoms with Crippen LogP contribution in [0.4, 0.5) is 0 Å². The number of nitrogens with zero attached hydrogens (tertiary/aromatic N) is 1. The summed E-state index contributed by atoms with van der Waals surface area (Å²) in [5.74, 6) is 0. The predicted octanol–water partition coefficient (Wildman–Crippen LogP) is 1.32. The highest BCUT2D eigenvalue weighted by Crippen LogP contribution is 2.16. The summed E-state index contributed by atoms with van der Waals surface area (Å²) in [7, 11) is -1.84. The van der Waals surface area contributed by atoms with Crippen LogP contribution in [0.25, 0.3) is 0 Å². The van der Waals surface area contributed by atoms with E-state index in [1.165, 1.54) is 16.6 Å². The molecule has 0 aromatic carbocycles. The first-order valence-electron chi connectivity index (χ1n) is 5.77. The Morgan fingerprint density at radius 3 is 2.65 bits per heavy atom. The fraction of sp³-hybridized carbons (Fsp3) is 0.636. The van der Waals surface area contributed by atoms with Crippen molar-refractivity contribution in [2.45, 2.75) is 37.7 Å². The summed E-state index contributed by atoms with van der Waals surface area (Å²) in [6.45, 7) is 2.42. The van der Waals surface area contributed by atoms with Crippen molar-refractivity contribution in [1.82, 2.24) is 9.29 Å². The highest BCUT2D eigenvalue weighted by molar-refractivity contribution is 7.89. The van der Waals surface area contributed by atoms with Gasteiger partial charge in [-0.15, -0.1) is 0 Å². The first kappa shape index (κ1) is 14.2. The molecule has 0 radical (unpaired) electrons. The van der Waals surface area contributed by atoms with E-state index in [9.17, 15) is 8.42 Å². The molecule has 0 saturated heterocycles. The van der Waals surface area contributed by atoms with E-state index in [-0.39, 0.29) is 11.5 Å². The predicted molar refractivity (Wildman–Crippen MR) is 66.1 cm³/mol. The molecule has 5 nitrogen and oxygen atoms in total. The number of unbranched alkanes of at least 4 members (excludes halogenated alkanes) is 2. The van der Waals surface area contributed by atoms with Gasteiger partial charge in [0.1, 0.15) is 0 Å². The van der Waals surface area contributed by atoms with E-state index in [0.717, 1.165) is 19.3 Å². The third-order valence-electron chi connectivity index (χ3n) is 2.67. The largest absolute Gasteiger partial charge is 0.390 e. The maximum Gasteiger partial charge on any atom is 0.244 e. The van der Waals surface area contributed by atoms with Gasteiger partial charge in [-0.2, -0.15) is 0 Å². The molecule has 0 aliphatic heterocycles. The van der Waals surface area contributed by atoms with Gasteiger partial charge in [0.25, 0.3) is 0 Å². The molecule has 17 heavy (non-hydrogen) atoms. The van der Waals surface area contributed by atoms with Gasteiger partial charge in [0.2, 0.25) is 10.0 Å². The third-order valence-corrected chi connectivity index (χ3v) is 4.51. The summed E-state index contributed by atoms with van der Waals surface area (Å²) in [4.78, 5) is 2.94. The number of rotatable bonds is 7. The maximum absolute atomic E-state index is 12.1. The smallest absolute Gasteiger partial charge is 0.244 e. The van der Waals surface area contributed by atoms with E-state index in [2.05, 4.69) is 11.9 Å². The number of nitrogens with one attached hydrogen (secondary N) is 1. The molecule has 0 unspecified atom stereocenters. The van der Waals surface area contributed by atoms with Crippen LogP contribution in [0.15, 0.2) is 17.2 Å². The molecular formula is C11H20N2O3S. The summed E-state index contributed by atoms with van der Waals surface area (Å²) in [6, 6.07) is 1.46. The van der Waals surface area contributed by atoms with Crippen LogP contribution in [0, 0.1) is 0 Å². The quantitative estimate of drug-likeness (QED) is 0.726. The lowest BCUT2D eigenvalue weighted by atomic mass is 10.2. The number of hydrogen-bond acceptors (Lipinski definition) is 3. The Labute approximate surface area is 103 Å². The molecule has 0 bridgehead atoms.